The van der Waals surface area contributed by atoms with Crippen molar-refractivity contribution in [3.63, 3.8) is 0 Å². The van der Waals surface area contributed by atoms with Crippen molar-refractivity contribution in [1.82, 2.24) is 4.90 Å². The van der Waals surface area contributed by atoms with E-state index in [1.807, 2.05) is 0 Å². The summed E-state index contributed by atoms with van der Waals surface area (Å²) in [6, 6.07) is 0.299. The summed E-state index contributed by atoms with van der Waals surface area (Å²) in [5, 5.41) is 0. The van der Waals surface area contributed by atoms with Gasteiger partial charge in [-0.15, -0.1) is 0 Å². The van der Waals surface area contributed by atoms with E-state index in [1.54, 1.807) is 0 Å². The molecule has 0 radical (unpaired) electrons. The fourth-order valence-corrected chi connectivity index (χ4v) is 3.28. The van der Waals surface area contributed by atoms with Crippen molar-refractivity contribution in [2.45, 2.75) is 117 Å². The van der Waals surface area contributed by atoms with Gasteiger partial charge in [0.1, 0.15) is 0 Å². The molecule has 4 heteroatoms. The normalized spacial score (nSPS) is 11.3. The van der Waals surface area contributed by atoms with Crippen LogP contribution in [0, 0.1) is 0 Å². The van der Waals surface area contributed by atoms with Crippen LogP contribution in [0.5, 0.6) is 0 Å². The summed E-state index contributed by atoms with van der Waals surface area (Å²) in [7, 11) is 1.44. The van der Waals surface area contributed by atoms with Crippen molar-refractivity contribution in [2.24, 2.45) is 0 Å². The molecule has 0 aliphatic rings. The van der Waals surface area contributed by atoms with Crippen molar-refractivity contribution in [3.8, 4) is 0 Å². The second-order valence-electron chi connectivity index (χ2n) is 7.99. The van der Waals surface area contributed by atoms with E-state index in [-0.39, 0.29) is 5.97 Å². The van der Waals surface area contributed by atoms with Crippen molar-refractivity contribution in [1.29, 1.82) is 0 Å². The number of amides is 1. The molecular weight excluding hydrogens is 350 g/mol. The first-order valence-corrected chi connectivity index (χ1v) is 11.5. The predicted molar refractivity (Wildman–Crippen MR) is 118 cm³/mol. The first kappa shape index (κ1) is 26.7. The maximum atomic E-state index is 12.4. The van der Waals surface area contributed by atoms with Gasteiger partial charge in [-0.2, -0.15) is 0 Å². The molecule has 0 rings (SSSR count). The Hall–Kier alpha value is -1.32. The SMILES string of the molecule is CCCCCCC(=O)N(CCCC/C=C\CCCCCCC(=O)OC)C(C)C. The lowest BCUT2D eigenvalue weighted by Gasteiger charge is -2.27. The number of ether oxygens (including phenoxy) is 1. The Kier molecular flexibility index (Phi) is 18.1. The molecule has 0 aromatic carbocycles. The van der Waals surface area contributed by atoms with Crippen molar-refractivity contribution < 1.29 is 14.3 Å². The number of esters is 1. The van der Waals surface area contributed by atoms with Crippen molar-refractivity contribution in [3.05, 3.63) is 12.2 Å². The molecule has 164 valence electrons. The van der Waals surface area contributed by atoms with E-state index in [2.05, 4.69) is 42.6 Å². The van der Waals surface area contributed by atoms with Gasteiger partial charge in [0.25, 0.3) is 0 Å². The number of nitrogens with zero attached hydrogens (tertiary/aromatic N) is 1. The number of hydrogen-bond acceptors (Lipinski definition) is 3. The predicted octanol–water partition coefficient (Wildman–Crippen LogP) is 6.43. The van der Waals surface area contributed by atoms with Gasteiger partial charge in [0.15, 0.2) is 0 Å². The molecule has 0 fully saturated rings. The van der Waals surface area contributed by atoms with Crippen LogP contribution in [0.25, 0.3) is 0 Å². The highest BCUT2D eigenvalue weighted by Crippen LogP contribution is 2.11. The molecule has 0 heterocycles. The number of allylic oxidation sites excluding steroid dienone is 2. The van der Waals surface area contributed by atoms with Gasteiger partial charge in [-0.05, 0) is 58.8 Å². The summed E-state index contributed by atoms with van der Waals surface area (Å²) in [4.78, 5) is 25.5. The number of carbonyl (C=O) groups is 2. The minimum atomic E-state index is -0.103. The van der Waals surface area contributed by atoms with Crippen molar-refractivity contribution >= 4 is 11.9 Å². The van der Waals surface area contributed by atoms with E-state index in [0.29, 0.717) is 24.8 Å². The smallest absolute Gasteiger partial charge is 0.305 e. The second kappa shape index (κ2) is 19.0. The molecule has 0 unspecified atom stereocenters. The highest BCUT2D eigenvalue weighted by Gasteiger charge is 2.15. The molecule has 0 saturated carbocycles. The van der Waals surface area contributed by atoms with Crippen LogP contribution in [0.2, 0.25) is 0 Å². The average molecular weight is 396 g/mol. The number of hydrogen-bond donors (Lipinski definition) is 0. The van der Waals surface area contributed by atoms with Gasteiger partial charge in [-0.1, -0.05) is 51.2 Å². The first-order chi connectivity index (χ1) is 13.5. The van der Waals surface area contributed by atoms with Gasteiger partial charge >= 0.3 is 5.97 Å². The third kappa shape index (κ3) is 15.7. The summed E-state index contributed by atoms with van der Waals surface area (Å²) in [5.41, 5.74) is 0. The number of rotatable bonds is 18. The van der Waals surface area contributed by atoms with Crippen LogP contribution >= 0.6 is 0 Å². The van der Waals surface area contributed by atoms with Gasteiger partial charge < -0.3 is 9.64 Å². The first-order valence-electron chi connectivity index (χ1n) is 11.5. The molecule has 0 spiro atoms. The molecule has 0 aliphatic heterocycles. The number of methoxy groups -OCH3 is 1. The molecule has 1 amide bonds. The maximum absolute atomic E-state index is 12.4. The number of carbonyl (C=O) groups excluding carboxylic acids is 2. The zero-order chi connectivity index (χ0) is 21.0. The summed E-state index contributed by atoms with van der Waals surface area (Å²) in [6.45, 7) is 7.33. The lowest BCUT2D eigenvalue weighted by Crippen LogP contribution is -2.37. The zero-order valence-electron chi connectivity index (χ0n) is 19.0. The Balaban J connectivity index is 3.69. The van der Waals surface area contributed by atoms with Crippen molar-refractivity contribution in [2.75, 3.05) is 13.7 Å². The Labute approximate surface area is 174 Å². The van der Waals surface area contributed by atoms with E-state index in [9.17, 15) is 9.59 Å². The molecular formula is C24H45NO3. The lowest BCUT2D eigenvalue weighted by molar-refractivity contribution is -0.140. The van der Waals surface area contributed by atoms with E-state index in [0.717, 1.165) is 51.5 Å². The van der Waals surface area contributed by atoms with E-state index in [4.69, 9.17) is 0 Å². The van der Waals surface area contributed by atoms with Crippen LogP contribution < -0.4 is 0 Å². The van der Waals surface area contributed by atoms with E-state index in [1.165, 1.54) is 39.2 Å². The Morgan fingerprint density at radius 3 is 2.00 bits per heavy atom. The largest absolute Gasteiger partial charge is 0.469 e. The molecule has 0 aromatic rings. The number of unbranched alkanes of at least 4 members (excludes halogenated alkanes) is 9. The zero-order valence-corrected chi connectivity index (χ0v) is 19.0. The molecule has 0 atom stereocenters. The van der Waals surface area contributed by atoms with E-state index >= 15 is 0 Å². The standard InChI is InChI=1S/C24H45NO3/c1-5-6-7-16-19-23(26)25(22(2)3)21-18-15-13-11-9-8-10-12-14-17-20-24(27)28-4/h9,11,22H,5-8,10,12-21H2,1-4H3/b11-9-. The lowest BCUT2D eigenvalue weighted by atomic mass is 10.1. The van der Waals surface area contributed by atoms with Gasteiger partial charge in [0, 0.05) is 25.4 Å². The van der Waals surface area contributed by atoms with Gasteiger partial charge in [0.05, 0.1) is 7.11 Å². The topological polar surface area (TPSA) is 46.6 Å². The Morgan fingerprint density at radius 2 is 1.39 bits per heavy atom. The third-order valence-electron chi connectivity index (χ3n) is 5.10. The van der Waals surface area contributed by atoms with Crippen LogP contribution in [0.3, 0.4) is 0 Å². The third-order valence-corrected chi connectivity index (χ3v) is 5.10. The van der Waals surface area contributed by atoms with Crippen LogP contribution in [0.4, 0.5) is 0 Å². The van der Waals surface area contributed by atoms with E-state index < -0.39 is 0 Å². The highest BCUT2D eigenvalue weighted by molar-refractivity contribution is 5.76. The fraction of sp³-hybridized carbons (Fsp3) is 0.833. The summed E-state index contributed by atoms with van der Waals surface area (Å²) >= 11 is 0. The molecule has 0 bridgehead atoms. The molecule has 0 saturated heterocycles. The summed E-state index contributed by atoms with van der Waals surface area (Å²) in [5.74, 6) is 0.225. The highest BCUT2D eigenvalue weighted by atomic mass is 16.5. The Morgan fingerprint density at radius 1 is 0.821 bits per heavy atom. The van der Waals surface area contributed by atoms with Crippen LogP contribution in [-0.2, 0) is 14.3 Å². The van der Waals surface area contributed by atoms with Crippen LogP contribution in [0.15, 0.2) is 12.2 Å². The monoisotopic (exact) mass is 395 g/mol. The van der Waals surface area contributed by atoms with Gasteiger partial charge in [-0.3, -0.25) is 9.59 Å². The molecule has 0 aromatic heterocycles. The molecule has 4 nitrogen and oxygen atoms in total. The second-order valence-corrected chi connectivity index (χ2v) is 7.99. The fourth-order valence-electron chi connectivity index (χ4n) is 3.28. The molecule has 0 N–H and O–H groups in total. The summed E-state index contributed by atoms with van der Waals surface area (Å²) in [6.07, 6.45) is 19.3. The minimum absolute atomic E-state index is 0.103. The molecule has 0 aliphatic carbocycles. The Bertz CT molecular complexity index is 418. The van der Waals surface area contributed by atoms with Gasteiger partial charge in [-0.25, -0.2) is 0 Å². The maximum Gasteiger partial charge on any atom is 0.305 e. The average Bonchev–Trinajstić information content (AvgIpc) is 2.68. The quantitative estimate of drug-likeness (QED) is 0.152. The van der Waals surface area contributed by atoms with Gasteiger partial charge in [0.2, 0.25) is 5.91 Å². The minimum Gasteiger partial charge on any atom is -0.469 e. The van der Waals surface area contributed by atoms with Crippen LogP contribution in [0.1, 0.15) is 111 Å². The molecule has 28 heavy (non-hydrogen) atoms. The van der Waals surface area contributed by atoms with Crippen LogP contribution in [-0.4, -0.2) is 36.5 Å². The summed E-state index contributed by atoms with van der Waals surface area (Å²) < 4.78 is 4.64.